The maximum absolute atomic E-state index is 11.3. The largest absolute Gasteiger partial charge is 0.278 e. The molecule has 0 bridgehead atoms. The molecule has 1 N–H and O–H groups in total. The van der Waals surface area contributed by atoms with Gasteiger partial charge in [0.25, 0.3) is 10.2 Å². The van der Waals surface area contributed by atoms with Gasteiger partial charge in [-0.3, -0.25) is 0 Å². The van der Waals surface area contributed by atoms with Crippen LogP contribution in [0.25, 0.3) is 0 Å². The van der Waals surface area contributed by atoms with Crippen LogP contribution in [0.15, 0.2) is 6.20 Å². The summed E-state index contributed by atoms with van der Waals surface area (Å²) in [6, 6.07) is 0. The van der Waals surface area contributed by atoms with Gasteiger partial charge in [-0.15, -0.1) is 11.3 Å². The van der Waals surface area contributed by atoms with Gasteiger partial charge >= 0.3 is 0 Å². The molecule has 15 heavy (non-hydrogen) atoms. The Kier molecular flexibility index (Phi) is 4.21. The minimum atomic E-state index is -3.30. The first-order valence-corrected chi connectivity index (χ1v) is 6.76. The van der Waals surface area contributed by atoms with Crippen molar-refractivity contribution in [3.63, 3.8) is 0 Å². The molecule has 0 radical (unpaired) electrons. The summed E-state index contributed by atoms with van der Waals surface area (Å²) in [6.07, 6.45) is 2.42. The molecule has 0 aliphatic rings. The van der Waals surface area contributed by atoms with Crippen LogP contribution in [0.2, 0.25) is 0 Å². The van der Waals surface area contributed by atoms with Gasteiger partial charge < -0.3 is 0 Å². The third-order valence-electron chi connectivity index (χ3n) is 1.77. The zero-order chi connectivity index (χ0) is 11.5. The first-order chi connectivity index (χ1) is 6.92. The summed E-state index contributed by atoms with van der Waals surface area (Å²) >= 11 is 1.59. The number of aryl methyl sites for hydroxylation is 1. The van der Waals surface area contributed by atoms with E-state index in [0.717, 1.165) is 14.2 Å². The topological polar surface area (TPSA) is 62.3 Å². The monoisotopic (exact) mass is 249 g/mol. The highest BCUT2D eigenvalue weighted by Gasteiger charge is 2.11. The van der Waals surface area contributed by atoms with E-state index in [1.165, 1.54) is 14.1 Å². The lowest BCUT2D eigenvalue weighted by atomic mass is 10.5. The van der Waals surface area contributed by atoms with Crippen molar-refractivity contribution in [2.75, 3.05) is 20.6 Å². The van der Waals surface area contributed by atoms with E-state index in [4.69, 9.17) is 0 Å². The maximum Gasteiger partial charge on any atom is 0.278 e. The fraction of sp³-hybridized carbons (Fsp3) is 0.625. The molecule has 0 aliphatic heterocycles. The number of nitrogens with zero attached hydrogens (tertiary/aromatic N) is 2. The molecule has 0 saturated heterocycles. The fourth-order valence-corrected chi connectivity index (χ4v) is 2.34. The van der Waals surface area contributed by atoms with Crippen LogP contribution >= 0.6 is 11.3 Å². The highest BCUT2D eigenvalue weighted by molar-refractivity contribution is 7.87. The van der Waals surface area contributed by atoms with E-state index >= 15 is 0 Å². The van der Waals surface area contributed by atoms with Gasteiger partial charge in [0.2, 0.25) is 0 Å². The zero-order valence-electron chi connectivity index (χ0n) is 9.02. The summed E-state index contributed by atoms with van der Waals surface area (Å²) in [5, 5.41) is 0.953. The lowest BCUT2D eigenvalue weighted by molar-refractivity contribution is 0.506. The number of thiazole rings is 1. The Balaban J connectivity index is 2.40. The van der Waals surface area contributed by atoms with Crippen molar-refractivity contribution in [2.24, 2.45) is 0 Å². The predicted octanol–water partition coefficient (Wildman–Crippen LogP) is 0.390. The summed E-state index contributed by atoms with van der Waals surface area (Å²) in [5.74, 6) is 0. The van der Waals surface area contributed by atoms with E-state index in [0.29, 0.717) is 13.0 Å². The van der Waals surface area contributed by atoms with Gasteiger partial charge in [0, 0.05) is 38.1 Å². The first kappa shape index (κ1) is 12.6. The Labute approximate surface area is 94.3 Å². The second-order valence-electron chi connectivity index (χ2n) is 3.30. The van der Waals surface area contributed by atoms with E-state index < -0.39 is 10.2 Å². The molecule has 1 rings (SSSR count). The molecule has 0 saturated carbocycles. The van der Waals surface area contributed by atoms with Crippen LogP contribution in [0, 0.1) is 6.92 Å². The molecule has 1 heterocycles. The minimum absolute atomic E-state index is 0.382. The van der Waals surface area contributed by atoms with Gasteiger partial charge in [-0.2, -0.15) is 12.7 Å². The van der Waals surface area contributed by atoms with Crippen molar-refractivity contribution >= 4 is 21.5 Å². The molecule has 0 spiro atoms. The number of rotatable bonds is 5. The van der Waals surface area contributed by atoms with E-state index in [9.17, 15) is 8.42 Å². The van der Waals surface area contributed by atoms with E-state index in [-0.39, 0.29) is 0 Å². The summed E-state index contributed by atoms with van der Waals surface area (Å²) in [7, 11) is -0.310. The van der Waals surface area contributed by atoms with Crippen LogP contribution in [-0.4, -0.2) is 38.3 Å². The Morgan fingerprint density at radius 1 is 1.53 bits per heavy atom. The van der Waals surface area contributed by atoms with Crippen molar-refractivity contribution in [1.82, 2.24) is 14.0 Å². The molecule has 7 heteroatoms. The number of nitrogens with one attached hydrogen (secondary N) is 1. The average Bonchev–Trinajstić information content (AvgIpc) is 2.51. The molecule has 0 amide bonds. The van der Waals surface area contributed by atoms with Gasteiger partial charge in [0.05, 0.1) is 5.01 Å². The summed E-state index contributed by atoms with van der Waals surface area (Å²) in [4.78, 5) is 5.29. The molecule has 0 aromatic carbocycles. The molecule has 0 fully saturated rings. The Morgan fingerprint density at radius 3 is 2.67 bits per heavy atom. The van der Waals surface area contributed by atoms with Crippen molar-refractivity contribution in [1.29, 1.82) is 0 Å². The number of aromatic nitrogens is 1. The molecule has 0 unspecified atom stereocenters. The number of hydrogen-bond donors (Lipinski definition) is 1. The zero-order valence-corrected chi connectivity index (χ0v) is 10.7. The van der Waals surface area contributed by atoms with Crippen molar-refractivity contribution in [2.45, 2.75) is 13.3 Å². The SMILES string of the molecule is Cc1cnc(CCNS(=O)(=O)N(C)C)s1. The van der Waals surface area contributed by atoms with E-state index in [1.807, 2.05) is 6.92 Å². The van der Waals surface area contributed by atoms with E-state index in [1.54, 1.807) is 17.5 Å². The molecule has 0 atom stereocenters. The standard InChI is InChI=1S/C8H15N3O2S2/c1-7-6-9-8(14-7)4-5-10-15(12,13)11(2)3/h6,10H,4-5H2,1-3H3. The Bertz CT molecular complexity index is 411. The third kappa shape index (κ3) is 3.86. The smallest absolute Gasteiger partial charge is 0.249 e. The molecule has 1 aromatic heterocycles. The van der Waals surface area contributed by atoms with Gasteiger partial charge in [-0.05, 0) is 6.92 Å². The normalized spacial score (nSPS) is 12.3. The molecular formula is C8H15N3O2S2. The molecule has 0 aliphatic carbocycles. The third-order valence-corrected chi connectivity index (χ3v) is 4.28. The summed E-state index contributed by atoms with van der Waals surface area (Å²) in [5.41, 5.74) is 0. The predicted molar refractivity (Wildman–Crippen MR) is 61.2 cm³/mol. The van der Waals surface area contributed by atoms with Crippen molar-refractivity contribution in [3.8, 4) is 0 Å². The van der Waals surface area contributed by atoms with Crippen LogP contribution in [0.3, 0.4) is 0 Å². The summed E-state index contributed by atoms with van der Waals surface area (Å²) < 4.78 is 26.3. The van der Waals surface area contributed by atoms with Gasteiger partial charge in [-0.1, -0.05) is 0 Å². The summed E-state index contributed by atoms with van der Waals surface area (Å²) in [6.45, 7) is 2.36. The van der Waals surface area contributed by atoms with E-state index in [2.05, 4.69) is 9.71 Å². The Morgan fingerprint density at radius 2 is 2.20 bits per heavy atom. The first-order valence-electron chi connectivity index (χ1n) is 4.50. The highest BCUT2D eigenvalue weighted by atomic mass is 32.2. The average molecular weight is 249 g/mol. The number of hydrogen-bond acceptors (Lipinski definition) is 4. The second-order valence-corrected chi connectivity index (χ2v) is 6.58. The van der Waals surface area contributed by atoms with Crippen molar-refractivity contribution < 1.29 is 8.42 Å². The molecule has 5 nitrogen and oxygen atoms in total. The second kappa shape index (κ2) is 5.02. The van der Waals surface area contributed by atoms with Gasteiger partial charge in [-0.25, -0.2) is 9.71 Å². The lowest BCUT2D eigenvalue weighted by Crippen LogP contribution is -2.36. The Hall–Kier alpha value is -0.500. The van der Waals surface area contributed by atoms with Crippen molar-refractivity contribution in [3.05, 3.63) is 16.1 Å². The molecule has 86 valence electrons. The maximum atomic E-state index is 11.3. The highest BCUT2D eigenvalue weighted by Crippen LogP contribution is 2.11. The molecular weight excluding hydrogens is 234 g/mol. The van der Waals surface area contributed by atoms with Crippen LogP contribution in [0.4, 0.5) is 0 Å². The quantitative estimate of drug-likeness (QED) is 0.821. The minimum Gasteiger partial charge on any atom is -0.249 e. The van der Waals surface area contributed by atoms with Gasteiger partial charge in [0.1, 0.15) is 0 Å². The van der Waals surface area contributed by atoms with Gasteiger partial charge in [0.15, 0.2) is 0 Å². The molecule has 1 aromatic rings. The van der Waals surface area contributed by atoms with Crippen LogP contribution in [0.5, 0.6) is 0 Å². The van der Waals surface area contributed by atoms with Crippen LogP contribution in [0.1, 0.15) is 9.88 Å². The fourth-order valence-electron chi connectivity index (χ4n) is 0.933. The lowest BCUT2D eigenvalue weighted by Gasteiger charge is -2.11. The van der Waals surface area contributed by atoms with Crippen LogP contribution in [-0.2, 0) is 16.6 Å². The van der Waals surface area contributed by atoms with Crippen LogP contribution < -0.4 is 4.72 Å².